The molecule has 0 radical (unpaired) electrons. The lowest BCUT2D eigenvalue weighted by Crippen LogP contribution is -2.26. The molecule has 0 spiro atoms. The van der Waals surface area contributed by atoms with Crippen molar-refractivity contribution in [1.29, 1.82) is 0 Å². The first-order valence-electron chi connectivity index (χ1n) is 17.9. The van der Waals surface area contributed by atoms with Crippen LogP contribution in [-0.4, -0.2) is 51.8 Å². The van der Waals surface area contributed by atoms with Crippen LogP contribution in [-0.2, 0) is 0 Å². The summed E-state index contributed by atoms with van der Waals surface area (Å²) in [5.74, 6) is -0.644. The average molecular weight is 665 g/mol. The van der Waals surface area contributed by atoms with Crippen molar-refractivity contribution < 1.29 is 19.2 Å². The first kappa shape index (κ1) is 35.8. The van der Waals surface area contributed by atoms with Crippen LogP contribution in [0.2, 0.25) is 0 Å². The molecule has 4 amide bonds. The Morgan fingerprint density at radius 3 is 1.31 bits per heavy atom. The molecule has 0 aromatic heterocycles. The molecule has 0 heterocycles. The van der Waals surface area contributed by atoms with E-state index < -0.39 is 0 Å². The Hall–Kier alpha value is -4.46. The maximum Gasteiger partial charge on any atom is 0.251 e. The van der Waals surface area contributed by atoms with Crippen LogP contribution in [0.4, 0.5) is 0 Å². The van der Waals surface area contributed by atoms with Crippen molar-refractivity contribution in [3.63, 3.8) is 0 Å². The minimum atomic E-state index is -0.344. The molecule has 2 saturated carbocycles. The van der Waals surface area contributed by atoms with Crippen LogP contribution in [0.5, 0.6) is 0 Å². The standard InChI is InChI=1S/C41H52N4O4/c1-24-19-34(39(47)43-4)32(26-13-9-7-10-14-26)22-30(24)37(28-17-18-29(38(46)42-3)36(21-28)41(49)45-6)31-23-33(27-15-11-8-12-16-27)35(20-25(31)2)40(48)44-5/h17-23,26-27,37H,7-16H2,1-6H3,(H,42,46)(H,43,47)(H,44,48)(H,45,49). The summed E-state index contributed by atoms with van der Waals surface area (Å²) in [4.78, 5) is 52.8. The first-order valence-corrected chi connectivity index (χ1v) is 17.9. The van der Waals surface area contributed by atoms with Gasteiger partial charge in [-0.3, -0.25) is 19.2 Å². The molecule has 0 bridgehead atoms. The first-order chi connectivity index (χ1) is 23.6. The van der Waals surface area contributed by atoms with Gasteiger partial charge in [0.1, 0.15) is 0 Å². The highest BCUT2D eigenvalue weighted by Gasteiger charge is 2.31. The van der Waals surface area contributed by atoms with Gasteiger partial charge in [-0.2, -0.15) is 0 Å². The molecule has 2 aliphatic rings. The fourth-order valence-electron chi connectivity index (χ4n) is 8.20. The second kappa shape index (κ2) is 15.8. The molecule has 0 atom stereocenters. The molecule has 8 nitrogen and oxygen atoms in total. The zero-order valence-electron chi connectivity index (χ0n) is 30.0. The van der Waals surface area contributed by atoms with Crippen LogP contribution in [0.25, 0.3) is 0 Å². The monoisotopic (exact) mass is 664 g/mol. The number of rotatable bonds is 9. The predicted octanol–water partition coefficient (Wildman–Crippen LogP) is 7.02. The Morgan fingerprint density at radius 2 is 0.898 bits per heavy atom. The van der Waals surface area contributed by atoms with E-state index in [0.29, 0.717) is 22.3 Å². The van der Waals surface area contributed by atoms with E-state index in [1.807, 2.05) is 38.1 Å². The molecular formula is C41H52N4O4. The molecule has 0 aliphatic heterocycles. The van der Waals surface area contributed by atoms with Crippen LogP contribution in [0.15, 0.2) is 42.5 Å². The molecule has 3 aromatic rings. The van der Waals surface area contributed by atoms with E-state index >= 15 is 0 Å². The summed E-state index contributed by atoms with van der Waals surface area (Å²) in [6, 6.07) is 14.0. The van der Waals surface area contributed by atoms with Crippen molar-refractivity contribution in [2.45, 2.75) is 95.8 Å². The van der Waals surface area contributed by atoms with Crippen molar-refractivity contribution in [3.05, 3.63) is 104 Å². The third-order valence-corrected chi connectivity index (χ3v) is 10.9. The molecule has 0 unspecified atom stereocenters. The minimum absolute atomic E-state index is 0.0886. The second-order valence-electron chi connectivity index (χ2n) is 13.8. The van der Waals surface area contributed by atoms with E-state index in [1.54, 1.807) is 34.3 Å². The van der Waals surface area contributed by atoms with Crippen LogP contribution in [0, 0.1) is 13.8 Å². The van der Waals surface area contributed by atoms with Gasteiger partial charge in [0, 0.05) is 45.2 Å². The Bertz CT molecular complexity index is 1650. The summed E-state index contributed by atoms with van der Waals surface area (Å²) in [6.07, 6.45) is 11.1. The third kappa shape index (κ3) is 7.43. The van der Waals surface area contributed by atoms with Gasteiger partial charge < -0.3 is 21.3 Å². The molecule has 8 heteroatoms. The largest absolute Gasteiger partial charge is 0.355 e. The Balaban J connectivity index is 1.83. The topological polar surface area (TPSA) is 116 Å². The predicted molar refractivity (Wildman–Crippen MR) is 195 cm³/mol. The lowest BCUT2D eigenvalue weighted by atomic mass is 9.74. The van der Waals surface area contributed by atoms with Gasteiger partial charge in [-0.25, -0.2) is 0 Å². The normalized spacial score (nSPS) is 15.5. The summed E-state index contributed by atoms with van der Waals surface area (Å²) in [5, 5.41) is 11.1. The number of hydrogen-bond donors (Lipinski definition) is 4. The van der Waals surface area contributed by atoms with Crippen molar-refractivity contribution in [3.8, 4) is 0 Å². The van der Waals surface area contributed by atoms with E-state index in [2.05, 4.69) is 33.4 Å². The fraction of sp³-hybridized carbons (Fsp3) is 0.463. The molecule has 2 fully saturated rings. The molecule has 5 rings (SSSR count). The van der Waals surface area contributed by atoms with Crippen LogP contribution < -0.4 is 21.3 Å². The van der Waals surface area contributed by atoms with E-state index in [4.69, 9.17) is 0 Å². The average Bonchev–Trinajstić information content (AvgIpc) is 3.15. The number of hydrogen-bond acceptors (Lipinski definition) is 4. The second-order valence-corrected chi connectivity index (χ2v) is 13.8. The van der Waals surface area contributed by atoms with E-state index in [1.165, 1.54) is 12.8 Å². The Kier molecular flexibility index (Phi) is 11.6. The Labute approximate surface area is 291 Å². The number of carbonyl (C=O) groups excluding carboxylic acids is 4. The molecule has 4 N–H and O–H groups in total. The fourth-order valence-corrected chi connectivity index (χ4v) is 8.20. The number of aryl methyl sites for hydroxylation is 2. The minimum Gasteiger partial charge on any atom is -0.355 e. The highest BCUT2D eigenvalue weighted by atomic mass is 16.2. The lowest BCUT2D eigenvalue weighted by molar-refractivity contribution is 0.0929. The van der Waals surface area contributed by atoms with E-state index in [9.17, 15) is 19.2 Å². The van der Waals surface area contributed by atoms with Gasteiger partial charge in [-0.15, -0.1) is 0 Å². The van der Waals surface area contributed by atoms with Gasteiger partial charge in [-0.1, -0.05) is 56.7 Å². The highest BCUT2D eigenvalue weighted by molar-refractivity contribution is 6.07. The highest BCUT2D eigenvalue weighted by Crippen LogP contribution is 2.44. The van der Waals surface area contributed by atoms with Crippen LogP contribution in [0.3, 0.4) is 0 Å². The van der Waals surface area contributed by atoms with Gasteiger partial charge in [-0.05, 0) is 115 Å². The van der Waals surface area contributed by atoms with Crippen molar-refractivity contribution in [2.75, 3.05) is 28.2 Å². The number of amides is 4. The number of benzene rings is 3. The maximum absolute atomic E-state index is 13.3. The summed E-state index contributed by atoms with van der Waals surface area (Å²) in [7, 11) is 6.48. The molecule has 49 heavy (non-hydrogen) atoms. The van der Waals surface area contributed by atoms with Gasteiger partial charge in [0.15, 0.2) is 0 Å². The quantitative estimate of drug-likeness (QED) is 0.184. The van der Waals surface area contributed by atoms with E-state index in [-0.39, 0.29) is 41.4 Å². The zero-order chi connectivity index (χ0) is 35.2. The molecule has 0 saturated heterocycles. The van der Waals surface area contributed by atoms with Crippen molar-refractivity contribution >= 4 is 23.6 Å². The number of carbonyl (C=O) groups is 4. The van der Waals surface area contributed by atoms with Crippen LogP contribution >= 0.6 is 0 Å². The zero-order valence-corrected chi connectivity index (χ0v) is 30.0. The maximum atomic E-state index is 13.3. The third-order valence-electron chi connectivity index (χ3n) is 10.9. The SMILES string of the molecule is CNC(=O)c1ccc(C(c2cc(C3CCCCC3)c(C(=O)NC)cc2C)c2cc(C3CCCCC3)c(C(=O)NC)cc2C)cc1C(=O)NC. The summed E-state index contributed by atoms with van der Waals surface area (Å²) >= 11 is 0. The van der Waals surface area contributed by atoms with Crippen molar-refractivity contribution in [1.82, 2.24) is 21.3 Å². The molecular weight excluding hydrogens is 612 g/mol. The smallest absolute Gasteiger partial charge is 0.251 e. The molecule has 2 aliphatic carbocycles. The van der Waals surface area contributed by atoms with Gasteiger partial charge >= 0.3 is 0 Å². The van der Waals surface area contributed by atoms with Crippen molar-refractivity contribution in [2.24, 2.45) is 0 Å². The summed E-state index contributed by atoms with van der Waals surface area (Å²) in [5.41, 5.74) is 9.04. The summed E-state index contributed by atoms with van der Waals surface area (Å²) in [6.45, 7) is 4.10. The van der Waals surface area contributed by atoms with Gasteiger partial charge in [0.25, 0.3) is 23.6 Å². The van der Waals surface area contributed by atoms with Gasteiger partial charge in [0.05, 0.1) is 11.1 Å². The molecule has 260 valence electrons. The Morgan fingerprint density at radius 1 is 0.510 bits per heavy atom. The van der Waals surface area contributed by atoms with Crippen LogP contribution in [0.1, 0.15) is 162 Å². The molecule has 3 aromatic carbocycles. The van der Waals surface area contributed by atoms with E-state index in [0.717, 1.165) is 90.3 Å². The lowest BCUT2D eigenvalue weighted by Gasteiger charge is -2.30. The number of nitrogens with one attached hydrogen (secondary N) is 4. The summed E-state index contributed by atoms with van der Waals surface area (Å²) < 4.78 is 0. The van der Waals surface area contributed by atoms with Gasteiger partial charge in [0.2, 0.25) is 0 Å².